The fraction of sp³-hybridized carbons (Fsp3) is 0.625. The molecule has 1 fully saturated rings. The van der Waals surface area contributed by atoms with Gasteiger partial charge in [-0.25, -0.2) is 0 Å². The molecule has 6 heteroatoms. The van der Waals surface area contributed by atoms with E-state index >= 15 is 0 Å². The molecule has 4 N–H and O–H groups in total. The number of aliphatic hydroxyl groups is 4. The zero-order valence-corrected chi connectivity index (χ0v) is 12.5. The van der Waals surface area contributed by atoms with Crippen LogP contribution >= 0.6 is 0 Å². The molecule has 22 heavy (non-hydrogen) atoms. The largest absolute Gasteiger partial charge is 0.466 e. The van der Waals surface area contributed by atoms with Crippen molar-refractivity contribution in [3.63, 3.8) is 0 Å². The van der Waals surface area contributed by atoms with Gasteiger partial charge in [-0.2, -0.15) is 0 Å². The van der Waals surface area contributed by atoms with Gasteiger partial charge >= 0.3 is 0 Å². The first-order valence-electron chi connectivity index (χ1n) is 7.60. The molecule has 0 unspecified atom stereocenters. The number of hydrogen-bond donors (Lipinski definition) is 4. The molecule has 124 valence electrons. The van der Waals surface area contributed by atoms with Crippen LogP contribution in [0.5, 0.6) is 0 Å². The minimum absolute atomic E-state index is 0.0192. The summed E-state index contributed by atoms with van der Waals surface area (Å²) in [5.41, 5.74) is 0. The molecule has 1 aliphatic heterocycles. The smallest absolute Gasteiger partial charge is 0.107 e. The normalized spacial score (nSPS) is 26.8. The molecule has 0 bridgehead atoms. The number of allylic oxidation sites excluding steroid dienone is 1. The third-order valence-electron chi connectivity index (χ3n) is 3.85. The molecular formula is C16H24O6. The second-order valence-corrected chi connectivity index (χ2v) is 5.53. The summed E-state index contributed by atoms with van der Waals surface area (Å²) in [4.78, 5) is 0. The lowest BCUT2D eigenvalue weighted by Gasteiger charge is -2.17. The molecule has 2 heterocycles. The fourth-order valence-electron chi connectivity index (χ4n) is 2.61. The van der Waals surface area contributed by atoms with Crippen LogP contribution in [0, 0.1) is 0 Å². The van der Waals surface area contributed by atoms with Crippen molar-refractivity contribution in [2.45, 2.75) is 50.1 Å². The molecule has 0 aliphatic carbocycles. The molecular weight excluding hydrogens is 288 g/mol. The van der Waals surface area contributed by atoms with E-state index in [1.54, 1.807) is 6.08 Å². The van der Waals surface area contributed by atoms with Gasteiger partial charge in [-0.1, -0.05) is 12.2 Å². The van der Waals surface area contributed by atoms with Crippen molar-refractivity contribution >= 4 is 0 Å². The van der Waals surface area contributed by atoms with Gasteiger partial charge in [0.1, 0.15) is 17.6 Å². The van der Waals surface area contributed by atoms with Gasteiger partial charge in [-0.3, -0.25) is 0 Å². The molecule has 0 amide bonds. The highest BCUT2D eigenvalue weighted by molar-refractivity contribution is 5.10. The Balaban J connectivity index is 1.79. The summed E-state index contributed by atoms with van der Waals surface area (Å²) in [7, 11) is 0. The lowest BCUT2D eigenvalue weighted by Crippen LogP contribution is -2.29. The number of furan rings is 1. The average molecular weight is 312 g/mol. The minimum Gasteiger partial charge on any atom is -0.466 e. The van der Waals surface area contributed by atoms with Crippen LogP contribution in [-0.2, 0) is 17.6 Å². The van der Waals surface area contributed by atoms with E-state index in [0.717, 1.165) is 11.5 Å². The third-order valence-corrected chi connectivity index (χ3v) is 3.85. The zero-order chi connectivity index (χ0) is 15.9. The number of aryl methyl sites for hydroxylation is 1. The van der Waals surface area contributed by atoms with Crippen LogP contribution in [0.2, 0.25) is 0 Å². The summed E-state index contributed by atoms with van der Waals surface area (Å²) in [6.07, 6.45) is 3.25. The maximum atomic E-state index is 9.95. The SMILES string of the molecule is OC/C=C/Cc1ccc(CC[C@H]2O[C@H]([C@H](O)CO)C[C@H]2O)o1. The third kappa shape index (κ3) is 4.66. The van der Waals surface area contributed by atoms with Gasteiger partial charge < -0.3 is 29.6 Å². The maximum Gasteiger partial charge on any atom is 0.107 e. The highest BCUT2D eigenvalue weighted by Crippen LogP contribution is 2.26. The number of rotatable bonds is 8. The first-order valence-corrected chi connectivity index (χ1v) is 7.60. The molecule has 0 aromatic carbocycles. The monoisotopic (exact) mass is 312 g/mol. The number of aliphatic hydroxyl groups excluding tert-OH is 4. The summed E-state index contributed by atoms with van der Waals surface area (Å²) in [6, 6.07) is 3.78. The second-order valence-electron chi connectivity index (χ2n) is 5.53. The quantitative estimate of drug-likeness (QED) is 0.510. The van der Waals surface area contributed by atoms with Crippen LogP contribution in [0.15, 0.2) is 28.7 Å². The average Bonchev–Trinajstić information content (AvgIpc) is 3.11. The standard InChI is InChI=1S/C16H24O6/c17-8-2-1-3-11-4-5-12(21-11)6-7-15-13(19)9-16(22-15)14(20)10-18/h1-2,4-5,13-20H,3,6-10H2/b2-1+/t13-,14-,15-,16+/m1/s1. The Hall–Kier alpha value is -1.18. The summed E-state index contributed by atoms with van der Waals surface area (Å²) in [5.74, 6) is 1.63. The van der Waals surface area contributed by atoms with Crippen LogP contribution in [0.1, 0.15) is 24.4 Å². The van der Waals surface area contributed by atoms with Crippen molar-refractivity contribution < 1.29 is 29.6 Å². The molecule has 6 nitrogen and oxygen atoms in total. The van der Waals surface area contributed by atoms with Crippen molar-refractivity contribution in [1.82, 2.24) is 0 Å². The van der Waals surface area contributed by atoms with Crippen molar-refractivity contribution in [2.24, 2.45) is 0 Å². The van der Waals surface area contributed by atoms with Crippen LogP contribution in [0.25, 0.3) is 0 Å². The van der Waals surface area contributed by atoms with Crippen molar-refractivity contribution in [3.8, 4) is 0 Å². The predicted octanol–water partition coefficient (Wildman–Crippen LogP) is 0.175. The predicted molar refractivity (Wildman–Crippen MR) is 79.3 cm³/mol. The summed E-state index contributed by atoms with van der Waals surface area (Å²) >= 11 is 0. The Morgan fingerprint density at radius 2 is 2.00 bits per heavy atom. The van der Waals surface area contributed by atoms with E-state index in [1.165, 1.54) is 0 Å². The highest BCUT2D eigenvalue weighted by atomic mass is 16.5. The van der Waals surface area contributed by atoms with Gasteiger partial charge in [0.05, 0.1) is 31.5 Å². The molecule has 0 spiro atoms. The fourth-order valence-corrected chi connectivity index (χ4v) is 2.61. The first-order chi connectivity index (χ1) is 10.6. The van der Waals surface area contributed by atoms with Crippen molar-refractivity contribution in [2.75, 3.05) is 13.2 Å². The van der Waals surface area contributed by atoms with Gasteiger partial charge in [0.2, 0.25) is 0 Å². The highest BCUT2D eigenvalue weighted by Gasteiger charge is 2.37. The van der Waals surface area contributed by atoms with Gasteiger partial charge in [0.25, 0.3) is 0 Å². The van der Waals surface area contributed by atoms with Gasteiger partial charge in [-0.05, 0) is 18.6 Å². The van der Waals surface area contributed by atoms with E-state index in [-0.39, 0.29) is 19.3 Å². The molecule has 1 aromatic rings. The van der Waals surface area contributed by atoms with E-state index in [2.05, 4.69) is 0 Å². The van der Waals surface area contributed by atoms with Crippen LogP contribution in [0.3, 0.4) is 0 Å². The maximum absolute atomic E-state index is 9.95. The Morgan fingerprint density at radius 3 is 2.73 bits per heavy atom. The Morgan fingerprint density at radius 1 is 1.23 bits per heavy atom. The van der Waals surface area contributed by atoms with Gasteiger partial charge in [0.15, 0.2) is 0 Å². The molecule has 2 rings (SSSR count). The van der Waals surface area contributed by atoms with Crippen molar-refractivity contribution in [3.05, 3.63) is 35.8 Å². The Labute approximate surface area is 129 Å². The first kappa shape index (κ1) is 17.2. The van der Waals surface area contributed by atoms with E-state index < -0.39 is 18.3 Å². The lowest BCUT2D eigenvalue weighted by molar-refractivity contribution is -0.0620. The molecule has 1 aliphatic rings. The van der Waals surface area contributed by atoms with E-state index in [4.69, 9.17) is 19.4 Å². The van der Waals surface area contributed by atoms with E-state index in [9.17, 15) is 10.2 Å². The summed E-state index contributed by atoms with van der Waals surface area (Å²) in [5, 5.41) is 37.1. The number of hydrogen-bond acceptors (Lipinski definition) is 6. The Kier molecular flexibility index (Phi) is 6.60. The number of ether oxygens (including phenoxy) is 1. The molecule has 1 aromatic heterocycles. The minimum atomic E-state index is -0.951. The summed E-state index contributed by atoms with van der Waals surface area (Å²) in [6.45, 7) is -0.349. The van der Waals surface area contributed by atoms with E-state index in [1.807, 2.05) is 18.2 Å². The molecule has 0 radical (unpaired) electrons. The van der Waals surface area contributed by atoms with Gasteiger partial charge in [-0.15, -0.1) is 0 Å². The molecule has 0 saturated carbocycles. The topological polar surface area (TPSA) is 103 Å². The van der Waals surface area contributed by atoms with Gasteiger partial charge in [0, 0.05) is 19.3 Å². The molecule has 1 saturated heterocycles. The van der Waals surface area contributed by atoms with Crippen LogP contribution in [0.4, 0.5) is 0 Å². The van der Waals surface area contributed by atoms with Crippen LogP contribution in [-0.4, -0.2) is 58.1 Å². The summed E-state index contributed by atoms with van der Waals surface area (Å²) < 4.78 is 11.3. The molecule has 4 atom stereocenters. The Bertz CT molecular complexity index is 469. The lowest BCUT2D eigenvalue weighted by atomic mass is 10.0. The van der Waals surface area contributed by atoms with Crippen molar-refractivity contribution in [1.29, 1.82) is 0 Å². The van der Waals surface area contributed by atoms with E-state index in [0.29, 0.717) is 25.7 Å². The zero-order valence-electron chi connectivity index (χ0n) is 12.5. The van der Waals surface area contributed by atoms with Crippen LogP contribution < -0.4 is 0 Å². The second kappa shape index (κ2) is 8.45.